The molecule has 0 spiro atoms. The van der Waals surface area contributed by atoms with Crippen LogP contribution in [0.3, 0.4) is 0 Å². The lowest BCUT2D eigenvalue weighted by atomic mass is 10.4. The van der Waals surface area contributed by atoms with Crippen LogP contribution in [0, 0.1) is 0 Å². The molecule has 1 amide bonds. The molecule has 1 heterocycles. The van der Waals surface area contributed by atoms with Gasteiger partial charge in [0.25, 0.3) is 0 Å². The molecule has 0 saturated heterocycles. The van der Waals surface area contributed by atoms with E-state index in [2.05, 4.69) is 16.9 Å². The number of carbonyl (C=O) groups is 1. The maximum absolute atomic E-state index is 10.8. The third-order valence-corrected chi connectivity index (χ3v) is 2.12. The van der Waals surface area contributed by atoms with Crippen molar-refractivity contribution >= 4 is 5.91 Å². The van der Waals surface area contributed by atoms with Crippen LogP contribution in [-0.4, -0.2) is 10.9 Å². The Morgan fingerprint density at radius 3 is 3.21 bits per heavy atom. The zero-order valence-corrected chi connectivity index (χ0v) is 7.82. The Morgan fingerprint density at radius 1 is 1.79 bits per heavy atom. The third kappa shape index (κ3) is 2.02. The predicted molar refractivity (Wildman–Crippen MR) is 50.5 cm³/mol. The van der Waals surface area contributed by atoms with Gasteiger partial charge in [0.1, 0.15) is 5.76 Å². The van der Waals surface area contributed by atoms with E-state index in [1.165, 1.54) is 18.9 Å². The predicted octanol–water partition coefficient (Wildman–Crippen LogP) is 1.35. The van der Waals surface area contributed by atoms with Gasteiger partial charge in [0.15, 0.2) is 5.89 Å². The largest absolute Gasteiger partial charge is 0.444 e. The van der Waals surface area contributed by atoms with Crippen LogP contribution < -0.4 is 5.32 Å². The Balaban J connectivity index is 1.89. The minimum atomic E-state index is -0.200. The highest BCUT2D eigenvalue weighted by Crippen LogP contribution is 2.39. The summed E-state index contributed by atoms with van der Waals surface area (Å²) in [5.74, 6) is 1.81. The van der Waals surface area contributed by atoms with Crippen molar-refractivity contribution in [2.45, 2.75) is 25.3 Å². The first-order valence-corrected chi connectivity index (χ1v) is 4.64. The number of nitrogens with one attached hydrogen (secondary N) is 1. The van der Waals surface area contributed by atoms with E-state index in [1.807, 2.05) is 0 Å². The minimum absolute atomic E-state index is 0.200. The summed E-state index contributed by atoms with van der Waals surface area (Å²) in [6, 6.07) is 0. The summed E-state index contributed by atoms with van der Waals surface area (Å²) < 4.78 is 5.44. The smallest absolute Gasteiger partial charge is 0.243 e. The van der Waals surface area contributed by atoms with Crippen LogP contribution in [0.2, 0.25) is 0 Å². The third-order valence-electron chi connectivity index (χ3n) is 2.12. The monoisotopic (exact) mass is 192 g/mol. The molecule has 14 heavy (non-hydrogen) atoms. The van der Waals surface area contributed by atoms with Gasteiger partial charge < -0.3 is 9.73 Å². The van der Waals surface area contributed by atoms with E-state index in [4.69, 9.17) is 4.42 Å². The van der Waals surface area contributed by atoms with E-state index in [0.717, 1.165) is 5.89 Å². The van der Waals surface area contributed by atoms with Crippen LogP contribution in [0.5, 0.6) is 0 Å². The Hall–Kier alpha value is -1.58. The normalized spacial score (nSPS) is 15.1. The highest BCUT2D eigenvalue weighted by molar-refractivity contribution is 5.86. The fraction of sp³-hybridized carbons (Fsp3) is 0.400. The molecule has 1 N–H and O–H groups in total. The van der Waals surface area contributed by atoms with Gasteiger partial charge in [0, 0.05) is 5.92 Å². The average Bonchev–Trinajstić information content (AvgIpc) is 2.95. The molecule has 4 heteroatoms. The van der Waals surface area contributed by atoms with Crippen molar-refractivity contribution in [2.75, 3.05) is 0 Å². The van der Waals surface area contributed by atoms with Gasteiger partial charge in [-0.1, -0.05) is 6.58 Å². The molecule has 1 fully saturated rings. The average molecular weight is 192 g/mol. The summed E-state index contributed by atoms with van der Waals surface area (Å²) in [6.45, 7) is 3.74. The van der Waals surface area contributed by atoms with Gasteiger partial charge in [-0.05, 0) is 18.9 Å². The van der Waals surface area contributed by atoms with Crippen LogP contribution in [0.25, 0.3) is 0 Å². The highest BCUT2D eigenvalue weighted by atomic mass is 16.4. The molecule has 4 nitrogen and oxygen atoms in total. The molecule has 2 rings (SSSR count). The van der Waals surface area contributed by atoms with Crippen LogP contribution >= 0.6 is 0 Å². The lowest BCUT2D eigenvalue weighted by Crippen LogP contribution is -2.19. The molecular weight excluding hydrogens is 180 g/mol. The van der Waals surface area contributed by atoms with Crippen LogP contribution in [-0.2, 0) is 11.3 Å². The Bertz CT molecular complexity index is 353. The number of nitrogens with zero attached hydrogens (tertiary/aromatic N) is 1. The Morgan fingerprint density at radius 2 is 2.57 bits per heavy atom. The van der Waals surface area contributed by atoms with Crippen molar-refractivity contribution in [1.29, 1.82) is 0 Å². The first kappa shape index (κ1) is 8.99. The van der Waals surface area contributed by atoms with Crippen molar-refractivity contribution in [3.63, 3.8) is 0 Å². The Kier molecular flexibility index (Phi) is 2.35. The molecule has 0 bridgehead atoms. The number of rotatable bonds is 4. The van der Waals surface area contributed by atoms with Crippen LogP contribution in [0.15, 0.2) is 23.3 Å². The van der Waals surface area contributed by atoms with E-state index in [1.54, 1.807) is 6.20 Å². The second-order valence-corrected chi connectivity index (χ2v) is 3.36. The molecule has 1 aliphatic rings. The van der Waals surface area contributed by atoms with Crippen molar-refractivity contribution in [1.82, 2.24) is 10.3 Å². The first-order valence-electron chi connectivity index (χ1n) is 4.64. The quantitative estimate of drug-likeness (QED) is 0.733. The van der Waals surface area contributed by atoms with Crippen LogP contribution in [0.4, 0.5) is 0 Å². The number of oxazole rings is 1. The molecule has 1 aromatic heterocycles. The number of carbonyl (C=O) groups excluding carboxylic acids is 1. The van der Waals surface area contributed by atoms with E-state index in [-0.39, 0.29) is 5.91 Å². The molecule has 0 atom stereocenters. The number of hydrogen-bond donors (Lipinski definition) is 1. The van der Waals surface area contributed by atoms with Gasteiger partial charge in [-0.15, -0.1) is 0 Å². The van der Waals surface area contributed by atoms with E-state index in [9.17, 15) is 4.79 Å². The maximum atomic E-state index is 10.8. The second-order valence-electron chi connectivity index (χ2n) is 3.36. The lowest BCUT2D eigenvalue weighted by molar-refractivity contribution is -0.116. The number of aromatic nitrogens is 1. The molecule has 0 aliphatic heterocycles. The van der Waals surface area contributed by atoms with Gasteiger partial charge in [0.05, 0.1) is 12.7 Å². The zero-order valence-electron chi connectivity index (χ0n) is 7.82. The minimum Gasteiger partial charge on any atom is -0.444 e. The van der Waals surface area contributed by atoms with Crippen molar-refractivity contribution < 1.29 is 9.21 Å². The summed E-state index contributed by atoms with van der Waals surface area (Å²) in [5.41, 5.74) is 0. The standard InChI is InChI=1S/C10H12N2O2/c1-2-9(13)11-5-8-6-12-10(14-8)7-3-4-7/h2,6-7H,1,3-5H2,(H,11,13). The van der Waals surface area contributed by atoms with E-state index >= 15 is 0 Å². The topological polar surface area (TPSA) is 55.1 Å². The number of amides is 1. The molecule has 0 radical (unpaired) electrons. The molecule has 0 aromatic carbocycles. The number of hydrogen-bond acceptors (Lipinski definition) is 3. The van der Waals surface area contributed by atoms with Crippen molar-refractivity contribution in [3.8, 4) is 0 Å². The lowest BCUT2D eigenvalue weighted by Gasteiger charge is -1.96. The summed E-state index contributed by atoms with van der Waals surface area (Å²) >= 11 is 0. The van der Waals surface area contributed by atoms with Gasteiger partial charge in [-0.2, -0.15) is 0 Å². The molecule has 74 valence electrons. The summed E-state index contributed by atoms with van der Waals surface area (Å²) in [4.78, 5) is 15.0. The molecule has 1 aromatic rings. The van der Waals surface area contributed by atoms with Crippen molar-refractivity contribution in [3.05, 3.63) is 30.5 Å². The van der Waals surface area contributed by atoms with Crippen molar-refractivity contribution in [2.24, 2.45) is 0 Å². The zero-order chi connectivity index (χ0) is 9.97. The van der Waals surface area contributed by atoms with Gasteiger partial charge in [0.2, 0.25) is 5.91 Å². The van der Waals surface area contributed by atoms with Crippen LogP contribution in [0.1, 0.15) is 30.4 Å². The first-order chi connectivity index (χ1) is 6.79. The van der Waals surface area contributed by atoms with E-state index < -0.39 is 0 Å². The fourth-order valence-electron chi connectivity index (χ4n) is 1.17. The van der Waals surface area contributed by atoms with E-state index in [0.29, 0.717) is 18.2 Å². The molecule has 0 unspecified atom stereocenters. The van der Waals surface area contributed by atoms with Gasteiger partial charge in [-0.3, -0.25) is 4.79 Å². The van der Waals surface area contributed by atoms with Gasteiger partial charge >= 0.3 is 0 Å². The molecule has 1 saturated carbocycles. The fourth-order valence-corrected chi connectivity index (χ4v) is 1.17. The second kappa shape index (κ2) is 3.65. The SMILES string of the molecule is C=CC(=O)NCc1cnc(C2CC2)o1. The molecular formula is C10H12N2O2. The summed E-state index contributed by atoms with van der Waals surface area (Å²) in [7, 11) is 0. The maximum Gasteiger partial charge on any atom is 0.243 e. The highest BCUT2D eigenvalue weighted by Gasteiger charge is 2.28. The molecule has 1 aliphatic carbocycles. The Labute approximate surface area is 82.0 Å². The van der Waals surface area contributed by atoms with Gasteiger partial charge in [-0.25, -0.2) is 4.98 Å². The summed E-state index contributed by atoms with van der Waals surface area (Å²) in [5, 5.41) is 2.63. The summed E-state index contributed by atoms with van der Waals surface area (Å²) in [6.07, 6.45) is 5.23.